The van der Waals surface area contributed by atoms with Crippen LogP contribution < -0.4 is 10.6 Å². The van der Waals surface area contributed by atoms with E-state index in [9.17, 15) is 18.4 Å². The maximum atomic E-state index is 13.5. The van der Waals surface area contributed by atoms with E-state index in [1.807, 2.05) is 11.4 Å². The molecule has 134 valence electrons. The molecule has 0 radical (unpaired) electrons. The molecular weight excluding hydrogens is 366 g/mol. The summed E-state index contributed by atoms with van der Waals surface area (Å²) in [5.41, 5.74) is -0.670. The van der Waals surface area contributed by atoms with Crippen molar-refractivity contribution >= 4 is 23.2 Å². The monoisotopic (exact) mass is 378 g/mol. The minimum absolute atomic E-state index is 0.0113. The van der Waals surface area contributed by atoms with Gasteiger partial charge in [-0.2, -0.15) is 4.98 Å². The third-order valence-electron chi connectivity index (χ3n) is 3.25. The summed E-state index contributed by atoms with van der Waals surface area (Å²) < 4.78 is 31.8. The average Bonchev–Trinajstić information content (AvgIpc) is 3.29. The lowest BCUT2D eigenvalue weighted by atomic mass is 10.2. The molecule has 2 heterocycles. The molecule has 0 aliphatic carbocycles. The molecule has 10 heteroatoms. The summed E-state index contributed by atoms with van der Waals surface area (Å²) in [7, 11) is 0. The number of benzene rings is 1. The highest BCUT2D eigenvalue weighted by Crippen LogP contribution is 2.21. The molecule has 26 heavy (non-hydrogen) atoms. The molecule has 3 aromatic rings. The number of nitrogens with one attached hydrogen (secondary N) is 2. The molecule has 0 atom stereocenters. The van der Waals surface area contributed by atoms with Gasteiger partial charge in [0.25, 0.3) is 5.91 Å². The lowest BCUT2D eigenvalue weighted by molar-refractivity contribution is 0.0896. The van der Waals surface area contributed by atoms with Crippen molar-refractivity contribution in [3.8, 4) is 10.7 Å². The predicted octanol–water partition coefficient (Wildman–Crippen LogP) is 2.24. The number of aromatic nitrogens is 2. The average molecular weight is 378 g/mol. The Kier molecular flexibility index (Phi) is 5.32. The molecule has 2 N–H and O–H groups in total. The molecule has 0 unspecified atom stereocenters. The number of hydrogen-bond acceptors (Lipinski definition) is 6. The van der Waals surface area contributed by atoms with Gasteiger partial charge < -0.3 is 15.2 Å². The highest BCUT2D eigenvalue weighted by Gasteiger charge is 2.18. The molecular formula is C16H12F2N4O3S. The van der Waals surface area contributed by atoms with Gasteiger partial charge in [0.05, 0.1) is 4.88 Å². The van der Waals surface area contributed by atoms with E-state index in [4.69, 9.17) is 4.52 Å². The van der Waals surface area contributed by atoms with Gasteiger partial charge in [-0.05, 0) is 23.6 Å². The summed E-state index contributed by atoms with van der Waals surface area (Å²) in [5.74, 6) is -3.37. The van der Waals surface area contributed by atoms with Crippen LogP contribution in [0.2, 0.25) is 0 Å². The third-order valence-corrected chi connectivity index (χ3v) is 4.11. The number of carbonyl (C=O) groups excluding carboxylic acids is 2. The fourth-order valence-corrected chi connectivity index (χ4v) is 2.70. The Morgan fingerprint density at radius 2 is 1.73 bits per heavy atom. The fourth-order valence-electron chi connectivity index (χ4n) is 2.05. The molecule has 0 saturated heterocycles. The molecule has 0 aliphatic rings. The van der Waals surface area contributed by atoms with Crippen molar-refractivity contribution in [3.05, 3.63) is 58.8 Å². The topological polar surface area (TPSA) is 97.1 Å². The van der Waals surface area contributed by atoms with Crippen LogP contribution in [-0.4, -0.2) is 35.0 Å². The van der Waals surface area contributed by atoms with Crippen LogP contribution in [0.1, 0.15) is 21.0 Å². The largest absolute Gasteiger partial charge is 0.350 e. The Morgan fingerprint density at radius 3 is 2.38 bits per heavy atom. The standard InChI is InChI=1S/C16H12F2N4O3S/c17-9-3-1-4-10(18)12(9)14(23)19-6-7-20-15(24)16-21-13(22-25-16)11-5-2-8-26-11/h1-5,8H,6-7H2,(H,19,23)(H,20,24). The maximum Gasteiger partial charge on any atom is 0.316 e. The first-order valence-electron chi connectivity index (χ1n) is 7.44. The van der Waals surface area contributed by atoms with E-state index in [1.54, 1.807) is 6.07 Å². The summed E-state index contributed by atoms with van der Waals surface area (Å²) in [6.07, 6.45) is 0. The number of rotatable bonds is 6. The van der Waals surface area contributed by atoms with Crippen molar-refractivity contribution in [2.24, 2.45) is 0 Å². The van der Waals surface area contributed by atoms with Gasteiger partial charge in [0.2, 0.25) is 5.82 Å². The van der Waals surface area contributed by atoms with Crippen LogP contribution in [0.25, 0.3) is 10.7 Å². The van der Waals surface area contributed by atoms with Crippen molar-refractivity contribution in [3.63, 3.8) is 0 Å². The van der Waals surface area contributed by atoms with Crippen LogP contribution in [0.3, 0.4) is 0 Å². The van der Waals surface area contributed by atoms with Gasteiger partial charge in [-0.1, -0.05) is 17.3 Å². The van der Waals surface area contributed by atoms with E-state index in [0.717, 1.165) is 23.1 Å². The lowest BCUT2D eigenvalue weighted by Crippen LogP contribution is -2.35. The lowest BCUT2D eigenvalue weighted by Gasteiger charge is -2.07. The highest BCUT2D eigenvalue weighted by molar-refractivity contribution is 7.13. The van der Waals surface area contributed by atoms with Crippen molar-refractivity contribution in [2.75, 3.05) is 13.1 Å². The van der Waals surface area contributed by atoms with Crippen LogP contribution in [-0.2, 0) is 0 Å². The third kappa shape index (κ3) is 3.91. The molecule has 0 saturated carbocycles. The first-order chi connectivity index (χ1) is 12.6. The number of halogens is 2. The molecule has 7 nitrogen and oxygen atoms in total. The van der Waals surface area contributed by atoms with Crippen LogP contribution in [0.15, 0.2) is 40.2 Å². The smallest absolute Gasteiger partial charge is 0.316 e. The zero-order valence-electron chi connectivity index (χ0n) is 13.2. The fraction of sp³-hybridized carbons (Fsp3) is 0.125. The Bertz CT molecular complexity index is 907. The van der Waals surface area contributed by atoms with Crippen LogP contribution >= 0.6 is 11.3 Å². The van der Waals surface area contributed by atoms with E-state index in [2.05, 4.69) is 20.8 Å². The van der Waals surface area contributed by atoms with E-state index >= 15 is 0 Å². The number of carbonyl (C=O) groups is 2. The second-order valence-electron chi connectivity index (χ2n) is 5.01. The van der Waals surface area contributed by atoms with Gasteiger partial charge >= 0.3 is 11.8 Å². The summed E-state index contributed by atoms with van der Waals surface area (Å²) in [4.78, 5) is 28.4. The van der Waals surface area contributed by atoms with Crippen molar-refractivity contribution in [2.45, 2.75) is 0 Å². The van der Waals surface area contributed by atoms with E-state index in [-0.39, 0.29) is 19.0 Å². The molecule has 0 bridgehead atoms. The normalized spacial score (nSPS) is 10.5. The Hall–Kier alpha value is -3.14. The van der Waals surface area contributed by atoms with E-state index in [0.29, 0.717) is 5.82 Å². The highest BCUT2D eigenvalue weighted by atomic mass is 32.1. The minimum Gasteiger partial charge on any atom is -0.350 e. The number of hydrogen-bond donors (Lipinski definition) is 2. The Balaban J connectivity index is 1.49. The zero-order valence-corrected chi connectivity index (χ0v) is 14.0. The van der Waals surface area contributed by atoms with Crippen molar-refractivity contribution in [1.82, 2.24) is 20.8 Å². The molecule has 0 spiro atoms. The first-order valence-corrected chi connectivity index (χ1v) is 8.32. The van der Waals surface area contributed by atoms with E-state index in [1.165, 1.54) is 11.3 Å². The Morgan fingerprint density at radius 1 is 1.04 bits per heavy atom. The quantitative estimate of drug-likeness (QED) is 0.641. The van der Waals surface area contributed by atoms with E-state index < -0.39 is 29.0 Å². The molecule has 0 aliphatic heterocycles. The molecule has 1 aromatic carbocycles. The summed E-state index contributed by atoms with van der Waals surface area (Å²) in [6.45, 7) is -0.0262. The summed E-state index contributed by atoms with van der Waals surface area (Å²) in [6, 6.07) is 6.74. The molecule has 0 fully saturated rings. The number of nitrogens with zero attached hydrogens (tertiary/aromatic N) is 2. The molecule has 2 aromatic heterocycles. The van der Waals surface area contributed by atoms with Gasteiger partial charge in [0.1, 0.15) is 17.2 Å². The first kappa shape index (κ1) is 17.7. The summed E-state index contributed by atoms with van der Waals surface area (Å²) >= 11 is 1.40. The minimum atomic E-state index is -0.960. The molecule has 2 amide bonds. The predicted molar refractivity (Wildman–Crippen MR) is 88.6 cm³/mol. The van der Waals surface area contributed by atoms with Crippen LogP contribution in [0, 0.1) is 11.6 Å². The second-order valence-corrected chi connectivity index (χ2v) is 5.96. The van der Waals surface area contributed by atoms with Gasteiger partial charge in [-0.3, -0.25) is 9.59 Å². The Labute approximate surface area is 150 Å². The van der Waals surface area contributed by atoms with Crippen LogP contribution in [0.5, 0.6) is 0 Å². The number of amides is 2. The maximum absolute atomic E-state index is 13.5. The van der Waals surface area contributed by atoms with Gasteiger partial charge in [0, 0.05) is 13.1 Å². The van der Waals surface area contributed by atoms with Gasteiger partial charge in [0.15, 0.2) is 0 Å². The number of thiophene rings is 1. The summed E-state index contributed by atoms with van der Waals surface area (Å²) in [5, 5.41) is 10.3. The zero-order chi connectivity index (χ0) is 18.5. The molecule has 3 rings (SSSR count). The SMILES string of the molecule is O=C(NCCNC(=O)c1c(F)cccc1F)c1nc(-c2cccs2)no1. The van der Waals surface area contributed by atoms with Crippen molar-refractivity contribution < 1.29 is 22.9 Å². The van der Waals surface area contributed by atoms with Crippen LogP contribution in [0.4, 0.5) is 8.78 Å². The van der Waals surface area contributed by atoms with Gasteiger partial charge in [-0.25, -0.2) is 8.78 Å². The van der Waals surface area contributed by atoms with Gasteiger partial charge in [-0.15, -0.1) is 11.3 Å². The second kappa shape index (κ2) is 7.83. The van der Waals surface area contributed by atoms with Crippen molar-refractivity contribution in [1.29, 1.82) is 0 Å².